The van der Waals surface area contributed by atoms with Crippen molar-refractivity contribution in [1.29, 1.82) is 0 Å². The molecule has 0 amide bonds. The lowest BCUT2D eigenvalue weighted by Gasteiger charge is -2.39. The normalized spacial score (nSPS) is 20.0. The maximum atomic E-state index is 12.8. The molecule has 9 nitrogen and oxygen atoms in total. The van der Waals surface area contributed by atoms with Crippen LogP contribution >= 0.6 is 0 Å². The van der Waals surface area contributed by atoms with Crippen LogP contribution in [0.15, 0.2) is 24.3 Å². The van der Waals surface area contributed by atoms with E-state index in [2.05, 4.69) is 38.2 Å². The summed E-state index contributed by atoms with van der Waals surface area (Å²) in [4.78, 5) is 12.8. The molecule has 0 aromatic rings. The number of carbonyl (C=O) groups excluding carboxylic acids is 1. The highest BCUT2D eigenvalue weighted by molar-refractivity contribution is 5.69. The molecular weight excluding hydrogens is 769 g/mol. The molecule has 0 aliphatic carbocycles. The van der Waals surface area contributed by atoms with Gasteiger partial charge in [-0.05, 0) is 44.9 Å². The molecule has 6 unspecified atom stereocenters. The van der Waals surface area contributed by atoms with Gasteiger partial charge in [0, 0.05) is 13.0 Å². The third kappa shape index (κ3) is 34.7. The van der Waals surface area contributed by atoms with E-state index >= 15 is 0 Å². The summed E-state index contributed by atoms with van der Waals surface area (Å²) in [5.74, 6) is -0.313. The third-order valence-corrected chi connectivity index (χ3v) is 12.1. The van der Waals surface area contributed by atoms with Crippen LogP contribution in [0, 0.1) is 0 Å². The minimum Gasteiger partial charge on any atom is -0.457 e. The van der Waals surface area contributed by atoms with Crippen LogP contribution in [0.5, 0.6) is 0 Å². The summed E-state index contributed by atoms with van der Waals surface area (Å²) >= 11 is 0. The molecule has 1 aliphatic rings. The van der Waals surface area contributed by atoms with Crippen LogP contribution in [0.1, 0.15) is 239 Å². The molecule has 1 saturated heterocycles. The molecule has 1 fully saturated rings. The number of hydrogen-bond donors (Lipinski definition) is 4. The highest BCUT2D eigenvalue weighted by atomic mass is 16.7. The fraction of sp³-hybridized carbons (Fsp3) is 0.904. The first-order valence-corrected chi connectivity index (χ1v) is 25.9. The zero-order valence-corrected chi connectivity index (χ0v) is 39.7. The molecule has 0 aromatic heterocycles. The van der Waals surface area contributed by atoms with E-state index in [4.69, 9.17) is 18.9 Å². The minimum atomic E-state index is -1.53. The Morgan fingerprint density at radius 1 is 0.525 bits per heavy atom. The average molecular weight is 867 g/mol. The van der Waals surface area contributed by atoms with Gasteiger partial charge < -0.3 is 39.4 Å². The van der Waals surface area contributed by atoms with E-state index in [-0.39, 0.29) is 19.2 Å². The lowest BCUT2D eigenvalue weighted by atomic mass is 9.99. The van der Waals surface area contributed by atoms with Gasteiger partial charge >= 0.3 is 5.97 Å². The Bertz CT molecular complexity index is 988. The molecule has 6 atom stereocenters. The van der Waals surface area contributed by atoms with Crippen molar-refractivity contribution in [3.05, 3.63) is 24.3 Å². The van der Waals surface area contributed by atoms with Crippen LogP contribution in [-0.4, -0.2) is 89.6 Å². The van der Waals surface area contributed by atoms with Crippen LogP contribution in [-0.2, 0) is 23.7 Å². The molecular formula is C52H98O9. The second-order valence-electron chi connectivity index (χ2n) is 18.0. The highest BCUT2D eigenvalue weighted by Gasteiger charge is 2.44. The summed E-state index contributed by atoms with van der Waals surface area (Å²) < 4.78 is 22.9. The molecule has 0 spiro atoms. The van der Waals surface area contributed by atoms with Crippen LogP contribution in [0.4, 0.5) is 0 Å². The second kappa shape index (κ2) is 43.9. The number of allylic oxidation sites excluding steroid dienone is 4. The number of unbranched alkanes of at least 4 members (excludes halogenated alkanes) is 30. The van der Waals surface area contributed by atoms with Gasteiger partial charge in [0.15, 0.2) is 6.29 Å². The van der Waals surface area contributed by atoms with Crippen LogP contribution in [0.3, 0.4) is 0 Å². The van der Waals surface area contributed by atoms with Crippen LogP contribution < -0.4 is 0 Å². The first-order valence-electron chi connectivity index (χ1n) is 25.9. The molecule has 1 rings (SSSR count). The molecule has 1 heterocycles. The number of ether oxygens (including phenoxy) is 4. The van der Waals surface area contributed by atoms with Crippen molar-refractivity contribution in [2.24, 2.45) is 0 Å². The second-order valence-corrected chi connectivity index (χ2v) is 18.0. The van der Waals surface area contributed by atoms with Gasteiger partial charge in [0.25, 0.3) is 0 Å². The molecule has 0 radical (unpaired) electrons. The summed E-state index contributed by atoms with van der Waals surface area (Å²) in [6.07, 6.45) is 44.9. The zero-order valence-electron chi connectivity index (χ0n) is 39.7. The maximum Gasteiger partial charge on any atom is 0.306 e. The Balaban J connectivity index is 2.20. The molecule has 1 aliphatic heterocycles. The summed E-state index contributed by atoms with van der Waals surface area (Å²) in [5, 5.41) is 40.2. The van der Waals surface area contributed by atoms with Gasteiger partial charge in [-0.1, -0.05) is 212 Å². The maximum absolute atomic E-state index is 12.8. The largest absolute Gasteiger partial charge is 0.457 e. The standard InChI is InChI=1S/C52H98O9/c1-3-5-7-9-11-13-15-17-19-21-22-23-24-25-27-29-31-33-35-37-39-41-48(54)60-46(45-59-52-51(57)50(56)49(55)47(43-53)61-52)44-58-42-40-38-36-34-32-30-28-26-20-18-16-14-12-10-8-6-4-2/h15,17,21-22,46-47,49-53,55-57H,3-14,16,18-20,23-45H2,1-2H3/b17-15-,22-21-. The van der Waals surface area contributed by atoms with Crippen LogP contribution in [0.25, 0.3) is 0 Å². The van der Waals surface area contributed by atoms with Gasteiger partial charge in [-0.15, -0.1) is 0 Å². The summed E-state index contributed by atoms with van der Waals surface area (Å²) in [6, 6.07) is 0. The first-order chi connectivity index (χ1) is 29.9. The lowest BCUT2D eigenvalue weighted by molar-refractivity contribution is -0.305. The van der Waals surface area contributed by atoms with Crippen molar-refractivity contribution in [1.82, 2.24) is 0 Å². The van der Waals surface area contributed by atoms with E-state index in [1.165, 1.54) is 180 Å². The monoisotopic (exact) mass is 867 g/mol. The number of rotatable bonds is 45. The fourth-order valence-electron chi connectivity index (χ4n) is 8.05. The molecule has 61 heavy (non-hydrogen) atoms. The quantitative estimate of drug-likeness (QED) is 0.0268. The average Bonchev–Trinajstić information content (AvgIpc) is 3.26. The molecule has 4 N–H and O–H groups in total. The van der Waals surface area contributed by atoms with Crippen LogP contribution in [0.2, 0.25) is 0 Å². The van der Waals surface area contributed by atoms with Gasteiger partial charge in [0.1, 0.15) is 30.5 Å². The Kier molecular flexibility index (Phi) is 41.5. The summed E-state index contributed by atoms with van der Waals surface area (Å²) in [6.45, 7) is 4.59. The Labute approximate surface area is 375 Å². The number of hydrogen-bond acceptors (Lipinski definition) is 9. The van der Waals surface area contributed by atoms with Gasteiger partial charge in [0.05, 0.1) is 19.8 Å². The third-order valence-electron chi connectivity index (χ3n) is 12.1. The Hall–Kier alpha value is -1.33. The first kappa shape index (κ1) is 57.7. The Morgan fingerprint density at radius 2 is 0.951 bits per heavy atom. The van der Waals surface area contributed by atoms with Crippen molar-refractivity contribution < 1.29 is 44.2 Å². The minimum absolute atomic E-state index is 0.111. The molecule has 9 heteroatoms. The van der Waals surface area contributed by atoms with Gasteiger partial charge in [-0.3, -0.25) is 4.79 Å². The van der Waals surface area contributed by atoms with E-state index in [1.54, 1.807) is 0 Å². The number of esters is 1. The number of aliphatic hydroxyl groups excluding tert-OH is 4. The SMILES string of the molecule is CCCCCCC/C=C\C/C=C\CCCCCCCCCCCC(=O)OC(COCCCCCCCCCCCCCCCCCCC)COC1OC(CO)C(O)C(O)C1O. The van der Waals surface area contributed by atoms with Crippen molar-refractivity contribution in [3.8, 4) is 0 Å². The molecule has 360 valence electrons. The van der Waals surface area contributed by atoms with Crippen molar-refractivity contribution >= 4 is 5.97 Å². The van der Waals surface area contributed by atoms with Crippen molar-refractivity contribution in [3.63, 3.8) is 0 Å². The van der Waals surface area contributed by atoms with Crippen molar-refractivity contribution in [2.75, 3.05) is 26.4 Å². The van der Waals surface area contributed by atoms with Gasteiger partial charge in [-0.2, -0.15) is 0 Å². The van der Waals surface area contributed by atoms with E-state index < -0.39 is 43.4 Å². The lowest BCUT2D eigenvalue weighted by Crippen LogP contribution is -2.59. The highest BCUT2D eigenvalue weighted by Crippen LogP contribution is 2.23. The zero-order chi connectivity index (χ0) is 44.3. The number of carbonyl (C=O) groups is 1. The number of aliphatic hydroxyl groups is 4. The van der Waals surface area contributed by atoms with Gasteiger partial charge in [0.2, 0.25) is 0 Å². The fourth-order valence-corrected chi connectivity index (χ4v) is 8.05. The molecule has 0 saturated carbocycles. The van der Waals surface area contributed by atoms with Gasteiger partial charge in [-0.25, -0.2) is 0 Å². The van der Waals surface area contributed by atoms with E-state index in [1.807, 2.05) is 0 Å². The molecule has 0 aromatic carbocycles. The van der Waals surface area contributed by atoms with E-state index in [0.29, 0.717) is 13.0 Å². The van der Waals surface area contributed by atoms with Crippen molar-refractivity contribution in [2.45, 2.75) is 275 Å². The topological polar surface area (TPSA) is 135 Å². The predicted molar refractivity (Wildman–Crippen MR) is 252 cm³/mol. The van der Waals surface area contributed by atoms with E-state index in [0.717, 1.165) is 38.5 Å². The summed E-state index contributed by atoms with van der Waals surface area (Å²) in [5.41, 5.74) is 0. The Morgan fingerprint density at radius 3 is 1.41 bits per heavy atom. The smallest absolute Gasteiger partial charge is 0.306 e. The summed E-state index contributed by atoms with van der Waals surface area (Å²) in [7, 11) is 0. The predicted octanol–water partition coefficient (Wildman–Crippen LogP) is 12.5. The van der Waals surface area contributed by atoms with E-state index in [9.17, 15) is 25.2 Å². The molecule has 0 bridgehead atoms.